The van der Waals surface area contributed by atoms with Crippen LogP contribution in [-0.4, -0.2) is 36.7 Å². The topological polar surface area (TPSA) is 122 Å². The molecule has 0 saturated heterocycles. The number of carbonyl (C=O) groups excluding carboxylic acids is 1. The Labute approximate surface area is 144 Å². The molecule has 1 aromatic carbocycles. The SMILES string of the molecule is COC(=N)c1cnc(NC(=O)NC2COc3ccccc3C2)cc1N. The van der Waals surface area contributed by atoms with Gasteiger partial charge in [0.1, 0.15) is 18.2 Å². The van der Waals surface area contributed by atoms with E-state index < -0.39 is 6.03 Å². The highest BCUT2D eigenvalue weighted by molar-refractivity contribution is 5.97. The Morgan fingerprint density at radius 2 is 2.24 bits per heavy atom. The van der Waals surface area contributed by atoms with Crippen LogP contribution in [0.5, 0.6) is 5.75 Å². The highest BCUT2D eigenvalue weighted by Crippen LogP contribution is 2.24. The third kappa shape index (κ3) is 3.79. The molecule has 8 heteroatoms. The van der Waals surface area contributed by atoms with Gasteiger partial charge in [0.2, 0.25) is 5.90 Å². The fourth-order valence-corrected chi connectivity index (χ4v) is 2.60. The van der Waals surface area contributed by atoms with Crippen molar-refractivity contribution in [2.75, 3.05) is 24.8 Å². The first kappa shape index (κ1) is 16.6. The minimum Gasteiger partial charge on any atom is -0.491 e. The van der Waals surface area contributed by atoms with Crippen LogP contribution < -0.4 is 21.1 Å². The van der Waals surface area contributed by atoms with E-state index in [2.05, 4.69) is 15.6 Å². The predicted octanol–water partition coefficient (Wildman–Crippen LogP) is 1.76. The molecule has 1 atom stereocenters. The van der Waals surface area contributed by atoms with Crippen molar-refractivity contribution < 1.29 is 14.3 Å². The zero-order valence-corrected chi connectivity index (χ0v) is 13.7. The summed E-state index contributed by atoms with van der Waals surface area (Å²) >= 11 is 0. The van der Waals surface area contributed by atoms with Gasteiger partial charge in [0.25, 0.3) is 0 Å². The number of aromatic nitrogens is 1. The van der Waals surface area contributed by atoms with Crippen molar-refractivity contribution in [3.8, 4) is 5.75 Å². The molecule has 1 aromatic heterocycles. The van der Waals surface area contributed by atoms with Gasteiger partial charge in [0.15, 0.2) is 0 Å². The quantitative estimate of drug-likeness (QED) is 0.500. The average Bonchev–Trinajstić information content (AvgIpc) is 2.61. The van der Waals surface area contributed by atoms with Crippen molar-refractivity contribution in [2.24, 2.45) is 0 Å². The monoisotopic (exact) mass is 341 g/mol. The van der Waals surface area contributed by atoms with E-state index in [1.54, 1.807) is 0 Å². The maximum Gasteiger partial charge on any atom is 0.320 e. The number of para-hydroxylation sites is 1. The number of hydrogen-bond acceptors (Lipinski definition) is 6. The molecule has 0 aliphatic carbocycles. The van der Waals surface area contributed by atoms with Crippen LogP contribution in [0.4, 0.5) is 16.3 Å². The van der Waals surface area contributed by atoms with E-state index in [4.69, 9.17) is 20.6 Å². The van der Waals surface area contributed by atoms with Gasteiger partial charge in [-0.05, 0) is 18.1 Å². The van der Waals surface area contributed by atoms with Crippen molar-refractivity contribution in [1.82, 2.24) is 10.3 Å². The van der Waals surface area contributed by atoms with Crippen LogP contribution in [0.2, 0.25) is 0 Å². The van der Waals surface area contributed by atoms with Gasteiger partial charge in [-0.2, -0.15) is 0 Å². The molecule has 8 nitrogen and oxygen atoms in total. The second-order valence-corrected chi connectivity index (χ2v) is 5.61. The van der Waals surface area contributed by atoms with E-state index in [1.807, 2.05) is 24.3 Å². The third-order valence-corrected chi connectivity index (χ3v) is 3.84. The number of anilines is 2. The number of methoxy groups -OCH3 is 1. The van der Waals surface area contributed by atoms with Crippen LogP contribution in [-0.2, 0) is 11.2 Å². The number of rotatable bonds is 3. The number of fused-ring (bicyclic) bond motifs is 1. The van der Waals surface area contributed by atoms with Crippen LogP contribution in [0.25, 0.3) is 0 Å². The summed E-state index contributed by atoms with van der Waals surface area (Å²) in [5.41, 5.74) is 7.58. The molecule has 0 radical (unpaired) electrons. The normalized spacial score (nSPS) is 15.5. The van der Waals surface area contributed by atoms with Crippen LogP contribution >= 0.6 is 0 Å². The molecule has 0 spiro atoms. The molecular formula is C17H19N5O3. The second kappa shape index (κ2) is 7.08. The fraction of sp³-hybridized carbons (Fsp3) is 0.235. The Morgan fingerprint density at radius 1 is 1.44 bits per heavy atom. The van der Waals surface area contributed by atoms with Crippen molar-refractivity contribution in [3.63, 3.8) is 0 Å². The summed E-state index contributed by atoms with van der Waals surface area (Å²) in [6.07, 6.45) is 2.08. The number of pyridine rings is 1. The van der Waals surface area contributed by atoms with E-state index >= 15 is 0 Å². The average molecular weight is 341 g/mol. The fourth-order valence-electron chi connectivity index (χ4n) is 2.60. The Bertz CT molecular complexity index is 809. The lowest BCUT2D eigenvalue weighted by molar-refractivity contribution is 0.222. The molecule has 3 rings (SSSR count). The van der Waals surface area contributed by atoms with E-state index in [9.17, 15) is 4.79 Å². The van der Waals surface area contributed by atoms with Gasteiger partial charge in [-0.15, -0.1) is 0 Å². The Balaban J connectivity index is 1.60. The molecule has 2 aromatic rings. The smallest absolute Gasteiger partial charge is 0.320 e. The minimum absolute atomic E-state index is 0.0842. The van der Waals surface area contributed by atoms with Crippen LogP contribution in [0, 0.1) is 5.41 Å². The molecule has 130 valence electrons. The summed E-state index contributed by atoms with van der Waals surface area (Å²) in [6.45, 7) is 0.407. The van der Waals surface area contributed by atoms with Crippen LogP contribution in [0.15, 0.2) is 36.5 Å². The maximum atomic E-state index is 12.2. The first-order valence-electron chi connectivity index (χ1n) is 7.73. The summed E-state index contributed by atoms with van der Waals surface area (Å²) in [6, 6.07) is 8.71. The first-order chi connectivity index (χ1) is 12.1. The van der Waals surface area contributed by atoms with E-state index in [-0.39, 0.29) is 11.9 Å². The minimum atomic E-state index is -0.394. The van der Waals surface area contributed by atoms with Gasteiger partial charge in [-0.1, -0.05) is 18.2 Å². The van der Waals surface area contributed by atoms with Gasteiger partial charge in [-0.25, -0.2) is 9.78 Å². The van der Waals surface area contributed by atoms with Gasteiger partial charge >= 0.3 is 6.03 Å². The number of benzene rings is 1. The largest absolute Gasteiger partial charge is 0.491 e. The molecule has 0 saturated carbocycles. The molecule has 25 heavy (non-hydrogen) atoms. The third-order valence-electron chi connectivity index (χ3n) is 3.84. The Hall–Kier alpha value is -3.29. The Kier molecular flexibility index (Phi) is 4.69. The van der Waals surface area contributed by atoms with Gasteiger partial charge in [-0.3, -0.25) is 10.7 Å². The number of nitrogens with one attached hydrogen (secondary N) is 3. The second-order valence-electron chi connectivity index (χ2n) is 5.61. The van der Waals surface area contributed by atoms with Crippen molar-refractivity contribution in [2.45, 2.75) is 12.5 Å². The molecule has 1 aliphatic rings. The molecule has 1 unspecified atom stereocenters. The molecule has 5 N–H and O–H groups in total. The number of ether oxygens (including phenoxy) is 2. The van der Waals surface area contributed by atoms with Crippen molar-refractivity contribution >= 4 is 23.4 Å². The standard InChI is InChI=1S/C17H19N5O3/c1-24-16(19)12-8-20-15(7-13(12)18)22-17(23)21-11-6-10-4-2-3-5-14(10)25-9-11/h2-5,7-8,11,19H,6,9H2,1H3,(H4,18,20,21,22,23). The summed E-state index contributed by atoms with van der Waals surface area (Å²) in [5.74, 6) is 1.06. The van der Waals surface area contributed by atoms with Crippen molar-refractivity contribution in [3.05, 3.63) is 47.7 Å². The lowest BCUT2D eigenvalue weighted by Crippen LogP contribution is -2.44. The number of carbonyl (C=O) groups is 1. The van der Waals surface area contributed by atoms with E-state index in [0.717, 1.165) is 11.3 Å². The summed E-state index contributed by atoms with van der Waals surface area (Å²) < 4.78 is 10.5. The highest BCUT2D eigenvalue weighted by Gasteiger charge is 2.21. The van der Waals surface area contributed by atoms with Crippen molar-refractivity contribution in [1.29, 1.82) is 5.41 Å². The predicted molar refractivity (Wildman–Crippen MR) is 94.1 cm³/mol. The summed E-state index contributed by atoms with van der Waals surface area (Å²) in [5, 5.41) is 13.1. The number of nitrogens with zero attached hydrogens (tertiary/aromatic N) is 1. The first-order valence-corrected chi connectivity index (χ1v) is 7.73. The van der Waals surface area contributed by atoms with E-state index in [1.165, 1.54) is 19.4 Å². The highest BCUT2D eigenvalue weighted by atomic mass is 16.5. The van der Waals surface area contributed by atoms with Gasteiger partial charge in [0, 0.05) is 18.0 Å². The summed E-state index contributed by atoms with van der Waals surface area (Å²) in [7, 11) is 1.38. The molecule has 1 aliphatic heterocycles. The van der Waals surface area contributed by atoms with Gasteiger partial charge in [0.05, 0.1) is 18.7 Å². The van der Waals surface area contributed by atoms with Gasteiger partial charge < -0.3 is 20.5 Å². The summed E-state index contributed by atoms with van der Waals surface area (Å²) in [4.78, 5) is 16.2. The van der Waals surface area contributed by atoms with Crippen LogP contribution in [0.3, 0.4) is 0 Å². The maximum absolute atomic E-state index is 12.2. The van der Waals surface area contributed by atoms with Crippen LogP contribution in [0.1, 0.15) is 11.1 Å². The molecule has 2 heterocycles. The lowest BCUT2D eigenvalue weighted by atomic mass is 10.0. The number of nitrogen functional groups attached to an aromatic ring is 1. The lowest BCUT2D eigenvalue weighted by Gasteiger charge is -2.26. The zero-order chi connectivity index (χ0) is 17.8. The Morgan fingerprint density at radius 3 is 3.00 bits per heavy atom. The molecule has 0 fully saturated rings. The number of amides is 2. The number of urea groups is 1. The molecule has 2 amide bonds. The number of nitrogens with two attached hydrogens (primary N) is 1. The molecule has 0 bridgehead atoms. The van der Waals surface area contributed by atoms with E-state index in [0.29, 0.717) is 30.1 Å². The molecular weight excluding hydrogens is 322 g/mol. The number of hydrogen-bond donors (Lipinski definition) is 4. The zero-order valence-electron chi connectivity index (χ0n) is 13.7.